The Bertz CT molecular complexity index is 537. The monoisotopic (exact) mass is 298 g/mol. The van der Waals surface area contributed by atoms with Gasteiger partial charge in [0, 0.05) is 6.42 Å². The maximum absolute atomic E-state index is 13.0. The zero-order chi connectivity index (χ0) is 15.4. The van der Waals surface area contributed by atoms with Crippen LogP contribution in [0.4, 0.5) is 8.78 Å². The van der Waals surface area contributed by atoms with Gasteiger partial charge in [-0.3, -0.25) is 0 Å². The highest BCUT2D eigenvalue weighted by molar-refractivity contribution is 5.89. The van der Waals surface area contributed by atoms with Gasteiger partial charge in [0.15, 0.2) is 5.76 Å². The predicted octanol–water partition coefficient (Wildman–Crippen LogP) is 3.24. The number of halogens is 2. The molecule has 4 nitrogen and oxygen atoms in total. The second-order valence-corrected chi connectivity index (χ2v) is 4.45. The molecule has 0 saturated heterocycles. The summed E-state index contributed by atoms with van der Waals surface area (Å²) >= 11 is 0. The number of ether oxygens (including phenoxy) is 3. The Morgan fingerprint density at radius 1 is 1.38 bits per heavy atom. The summed E-state index contributed by atoms with van der Waals surface area (Å²) in [5.74, 6) is -0.678. The Hall–Kier alpha value is -2.11. The average Bonchev–Trinajstić information content (AvgIpc) is 2.93. The van der Waals surface area contributed by atoms with Crippen LogP contribution in [-0.4, -0.2) is 26.1 Å². The molecule has 0 saturated carbocycles. The van der Waals surface area contributed by atoms with Crippen molar-refractivity contribution in [2.75, 3.05) is 13.7 Å². The van der Waals surface area contributed by atoms with E-state index in [1.807, 2.05) is 0 Å². The summed E-state index contributed by atoms with van der Waals surface area (Å²) in [6.07, 6.45) is -3.38. The Balaban J connectivity index is 2.18. The minimum Gasteiger partial charge on any atom is -0.497 e. The van der Waals surface area contributed by atoms with Gasteiger partial charge in [0.2, 0.25) is 0 Å². The molecule has 0 amide bonds. The van der Waals surface area contributed by atoms with Gasteiger partial charge in [0.25, 0.3) is 6.43 Å². The van der Waals surface area contributed by atoms with Crippen LogP contribution in [0.15, 0.2) is 35.6 Å². The molecule has 1 aromatic carbocycles. The molecule has 114 valence electrons. The smallest absolute Gasteiger partial charge is 0.337 e. The van der Waals surface area contributed by atoms with Crippen molar-refractivity contribution in [3.8, 4) is 5.75 Å². The van der Waals surface area contributed by atoms with Crippen LogP contribution < -0.4 is 4.74 Å². The molecule has 1 atom stereocenters. The maximum Gasteiger partial charge on any atom is 0.337 e. The van der Waals surface area contributed by atoms with E-state index >= 15 is 0 Å². The molecule has 0 N–H and O–H groups in total. The van der Waals surface area contributed by atoms with E-state index in [1.54, 1.807) is 31.2 Å². The number of hydrogen-bond donors (Lipinski definition) is 0. The van der Waals surface area contributed by atoms with Crippen molar-refractivity contribution in [1.29, 1.82) is 0 Å². The van der Waals surface area contributed by atoms with Gasteiger partial charge < -0.3 is 14.2 Å². The lowest BCUT2D eigenvalue weighted by Gasteiger charge is -2.13. The number of allylic oxidation sites excluding steroid dienone is 1. The van der Waals surface area contributed by atoms with E-state index in [9.17, 15) is 13.6 Å². The van der Waals surface area contributed by atoms with Crippen molar-refractivity contribution in [2.45, 2.75) is 25.9 Å². The molecule has 1 aliphatic heterocycles. The summed E-state index contributed by atoms with van der Waals surface area (Å²) in [6.45, 7) is 1.75. The molecule has 0 radical (unpaired) electrons. The summed E-state index contributed by atoms with van der Waals surface area (Å²) in [7, 11) is 1.54. The van der Waals surface area contributed by atoms with Gasteiger partial charge in [-0.05, 0) is 24.6 Å². The molecule has 1 aromatic rings. The molecule has 1 aliphatic rings. The van der Waals surface area contributed by atoms with E-state index in [-0.39, 0.29) is 18.6 Å². The topological polar surface area (TPSA) is 44.8 Å². The molecule has 0 aliphatic carbocycles. The molecular formula is C15H16F2O4. The maximum atomic E-state index is 13.0. The highest BCUT2D eigenvalue weighted by atomic mass is 19.3. The molecule has 0 spiro atoms. The van der Waals surface area contributed by atoms with Gasteiger partial charge >= 0.3 is 5.97 Å². The minimum atomic E-state index is -2.84. The van der Waals surface area contributed by atoms with Crippen LogP contribution in [0, 0.1) is 0 Å². The summed E-state index contributed by atoms with van der Waals surface area (Å²) < 4.78 is 41.1. The SMILES string of the molecule is CCOC(=O)C1=C(C(F)F)OC(c2ccc(OC)cc2)C1. The molecule has 0 aromatic heterocycles. The van der Waals surface area contributed by atoms with Crippen molar-refractivity contribution >= 4 is 5.97 Å². The van der Waals surface area contributed by atoms with E-state index in [2.05, 4.69) is 0 Å². The van der Waals surface area contributed by atoms with Crippen LogP contribution in [0.25, 0.3) is 0 Å². The lowest BCUT2D eigenvalue weighted by atomic mass is 10.0. The van der Waals surface area contributed by atoms with Gasteiger partial charge in [0.1, 0.15) is 11.9 Å². The highest BCUT2D eigenvalue weighted by Crippen LogP contribution is 2.39. The second kappa shape index (κ2) is 6.56. The van der Waals surface area contributed by atoms with Crippen molar-refractivity contribution in [2.24, 2.45) is 0 Å². The first-order valence-corrected chi connectivity index (χ1v) is 6.55. The predicted molar refractivity (Wildman–Crippen MR) is 71.1 cm³/mol. The summed E-state index contributed by atoms with van der Waals surface area (Å²) in [6, 6.07) is 6.87. The molecular weight excluding hydrogens is 282 g/mol. The van der Waals surface area contributed by atoms with E-state index < -0.39 is 24.3 Å². The van der Waals surface area contributed by atoms with Gasteiger partial charge in [-0.15, -0.1) is 0 Å². The number of methoxy groups -OCH3 is 1. The number of benzene rings is 1. The Morgan fingerprint density at radius 2 is 2.05 bits per heavy atom. The van der Waals surface area contributed by atoms with Crippen molar-refractivity contribution in [3.05, 3.63) is 41.2 Å². The van der Waals surface area contributed by atoms with Crippen LogP contribution in [0.3, 0.4) is 0 Å². The number of alkyl halides is 2. The highest BCUT2D eigenvalue weighted by Gasteiger charge is 2.36. The van der Waals surface area contributed by atoms with E-state index in [4.69, 9.17) is 14.2 Å². The standard InChI is InChI=1S/C15H16F2O4/c1-3-20-15(18)11-8-12(21-13(11)14(16)17)9-4-6-10(19-2)7-5-9/h4-7,12,14H,3,8H2,1-2H3. The van der Waals surface area contributed by atoms with E-state index in [0.717, 1.165) is 0 Å². The molecule has 2 rings (SSSR count). The van der Waals surface area contributed by atoms with Gasteiger partial charge in [0.05, 0.1) is 19.3 Å². The van der Waals surface area contributed by atoms with E-state index in [0.29, 0.717) is 11.3 Å². The number of esters is 1. The zero-order valence-corrected chi connectivity index (χ0v) is 11.8. The first kappa shape index (κ1) is 15.3. The third-order valence-electron chi connectivity index (χ3n) is 3.16. The number of rotatable bonds is 5. The zero-order valence-electron chi connectivity index (χ0n) is 11.8. The lowest BCUT2D eigenvalue weighted by molar-refractivity contribution is -0.138. The van der Waals surface area contributed by atoms with Crippen LogP contribution in [0.2, 0.25) is 0 Å². The molecule has 6 heteroatoms. The Morgan fingerprint density at radius 3 is 2.57 bits per heavy atom. The Kier molecular flexibility index (Phi) is 4.77. The molecule has 1 unspecified atom stereocenters. The first-order valence-electron chi connectivity index (χ1n) is 6.55. The largest absolute Gasteiger partial charge is 0.497 e. The van der Waals surface area contributed by atoms with Crippen LogP contribution >= 0.6 is 0 Å². The number of carbonyl (C=O) groups is 1. The molecule has 21 heavy (non-hydrogen) atoms. The number of hydrogen-bond acceptors (Lipinski definition) is 4. The summed E-state index contributed by atoms with van der Waals surface area (Å²) in [5, 5.41) is 0. The van der Waals surface area contributed by atoms with Crippen LogP contribution in [-0.2, 0) is 14.3 Å². The third-order valence-corrected chi connectivity index (χ3v) is 3.16. The molecule has 0 fully saturated rings. The summed E-state index contributed by atoms with van der Waals surface area (Å²) in [5.41, 5.74) is 0.612. The average molecular weight is 298 g/mol. The third kappa shape index (κ3) is 3.32. The fourth-order valence-corrected chi connectivity index (χ4v) is 2.14. The van der Waals surface area contributed by atoms with E-state index in [1.165, 1.54) is 7.11 Å². The molecule has 0 bridgehead atoms. The molecule has 1 heterocycles. The Labute approximate surface area is 121 Å². The quantitative estimate of drug-likeness (QED) is 0.783. The van der Waals surface area contributed by atoms with Crippen LogP contribution in [0.1, 0.15) is 25.0 Å². The fraction of sp³-hybridized carbons (Fsp3) is 0.400. The fourth-order valence-electron chi connectivity index (χ4n) is 2.14. The van der Waals surface area contributed by atoms with Gasteiger partial charge in [-0.2, -0.15) is 0 Å². The normalized spacial score (nSPS) is 17.9. The second-order valence-electron chi connectivity index (χ2n) is 4.45. The minimum absolute atomic E-state index is 0.0742. The van der Waals surface area contributed by atoms with Crippen molar-refractivity contribution in [3.63, 3.8) is 0 Å². The number of carbonyl (C=O) groups excluding carboxylic acids is 1. The van der Waals surface area contributed by atoms with Gasteiger partial charge in [-0.1, -0.05) is 12.1 Å². The van der Waals surface area contributed by atoms with Crippen molar-refractivity contribution < 1.29 is 27.8 Å². The summed E-state index contributed by atoms with van der Waals surface area (Å²) in [4.78, 5) is 11.7. The first-order chi connectivity index (χ1) is 10.1. The van der Waals surface area contributed by atoms with Gasteiger partial charge in [-0.25, -0.2) is 13.6 Å². The van der Waals surface area contributed by atoms with Crippen LogP contribution in [0.5, 0.6) is 5.75 Å². The van der Waals surface area contributed by atoms with Crippen molar-refractivity contribution in [1.82, 2.24) is 0 Å². The lowest BCUT2D eigenvalue weighted by Crippen LogP contribution is -2.10.